The molecule has 1 aliphatic heterocycles. The van der Waals surface area contributed by atoms with Crippen LogP contribution in [-0.4, -0.2) is 18.5 Å². The molecule has 3 nitrogen and oxygen atoms in total. The maximum Gasteiger partial charge on any atom is 0.379 e. The number of amides is 2. The Kier molecular flexibility index (Phi) is 3.94. The van der Waals surface area contributed by atoms with Crippen LogP contribution in [0.2, 0.25) is 0 Å². The van der Waals surface area contributed by atoms with Crippen LogP contribution in [0.25, 0.3) is 0 Å². The van der Waals surface area contributed by atoms with Gasteiger partial charge in [-0.05, 0) is 0 Å². The molecule has 0 radical (unpaired) electrons. The van der Waals surface area contributed by atoms with Crippen molar-refractivity contribution < 1.29 is 22.8 Å². The lowest BCUT2D eigenvalue weighted by Crippen LogP contribution is -2.19. The molecular formula is C5H4F3NO2. The average molecular weight is 167 g/mol. The minimum Gasteiger partial charge on any atom is -0.289 e. The average Bonchev–Trinajstić information content (AvgIpc) is 2.13. The summed E-state index contributed by atoms with van der Waals surface area (Å²) in [5, 5.41) is 2.03. The fraction of sp³-hybridized carbons (Fsp3) is 0.200. The minimum absolute atomic E-state index is 0.329. The summed E-state index contributed by atoms with van der Waals surface area (Å²) in [5.41, 5.74) is 0. The second kappa shape index (κ2) is 4.48. The van der Waals surface area contributed by atoms with E-state index in [4.69, 9.17) is 0 Å². The molecule has 0 bridgehead atoms. The Bertz CT molecular complexity index is 171. The van der Waals surface area contributed by atoms with Crippen molar-refractivity contribution in [3.05, 3.63) is 12.2 Å². The molecule has 0 aromatic rings. The van der Waals surface area contributed by atoms with E-state index in [2.05, 4.69) is 0 Å². The number of nitrogens with one attached hydrogen (secondary N) is 1. The van der Waals surface area contributed by atoms with E-state index < -0.39 is 6.68 Å². The van der Waals surface area contributed by atoms with Crippen molar-refractivity contribution in [1.29, 1.82) is 0 Å². The third kappa shape index (κ3) is 6.56. The Labute approximate surface area is 59.9 Å². The largest absolute Gasteiger partial charge is 0.379 e. The summed E-state index contributed by atoms with van der Waals surface area (Å²) in [6.07, 6.45) is 2.39. The van der Waals surface area contributed by atoms with Crippen LogP contribution in [0.15, 0.2) is 12.2 Å². The Hall–Kier alpha value is -1.33. The van der Waals surface area contributed by atoms with Gasteiger partial charge in [0.25, 0.3) is 11.8 Å². The van der Waals surface area contributed by atoms with Gasteiger partial charge in [0.05, 0.1) is 0 Å². The van der Waals surface area contributed by atoms with Gasteiger partial charge in [0.15, 0.2) is 0 Å². The number of rotatable bonds is 0. The zero-order valence-electron chi connectivity index (χ0n) is 5.18. The van der Waals surface area contributed by atoms with Crippen LogP contribution in [0.4, 0.5) is 13.2 Å². The molecule has 0 saturated heterocycles. The van der Waals surface area contributed by atoms with Crippen LogP contribution >= 0.6 is 0 Å². The number of carbonyl (C=O) groups excluding carboxylic acids is 2. The van der Waals surface area contributed by atoms with Gasteiger partial charge < -0.3 is 0 Å². The van der Waals surface area contributed by atoms with E-state index in [1.165, 1.54) is 12.2 Å². The van der Waals surface area contributed by atoms with Crippen molar-refractivity contribution in [3.8, 4) is 0 Å². The molecule has 0 atom stereocenters. The van der Waals surface area contributed by atoms with Gasteiger partial charge in [-0.15, -0.1) is 0 Å². The topological polar surface area (TPSA) is 46.2 Å². The quantitative estimate of drug-likeness (QED) is 0.530. The molecule has 0 aromatic heterocycles. The Morgan fingerprint density at radius 1 is 1.09 bits per heavy atom. The third-order valence-electron chi connectivity index (χ3n) is 0.632. The molecule has 0 aliphatic carbocycles. The SMILES string of the molecule is FC(F)F.O=C1C=CC(=O)N1. The predicted octanol–water partition coefficient (Wildman–Crippen LogP) is 0.377. The number of alkyl halides is 3. The molecule has 0 spiro atoms. The molecule has 11 heavy (non-hydrogen) atoms. The first-order valence-electron chi connectivity index (χ1n) is 2.47. The van der Waals surface area contributed by atoms with Crippen molar-refractivity contribution in [2.45, 2.75) is 6.68 Å². The number of hydrogen-bond acceptors (Lipinski definition) is 2. The fourth-order valence-electron chi connectivity index (χ4n) is 0.356. The highest BCUT2D eigenvalue weighted by Crippen LogP contribution is 1.87. The van der Waals surface area contributed by atoms with Gasteiger partial charge >= 0.3 is 6.68 Å². The van der Waals surface area contributed by atoms with Crippen LogP contribution in [-0.2, 0) is 9.59 Å². The molecule has 1 aliphatic rings. The zero-order chi connectivity index (χ0) is 8.85. The molecule has 6 heteroatoms. The fourth-order valence-corrected chi connectivity index (χ4v) is 0.356. The van der Waals surface area contributed by atoms with Crippen LogP contribution < -0.4 is 5.32 Å². The normalized spacial score (nSPS) is 14.5. The number of halogens is 3. The monoisotopic (exact) mass is 167 g/mol. The van der Waals surface area contributed by atoms with E-state index in [9.17, 15) is 22.8 Å². The van der Waals surface area contributed by atoms with E-state index >= 15 is 0 Å². The van der Waals surface area contributed by atoms with E-state index in [0.717, 1.165) is 0 Å². The third-order valence-corrected chi connectivity index (χ3v) is 0.632. The van der Waals surface area contributed by atoms with Gasteiger partial charge in [-0.2, -0.15) is 13.2 Å². The summed E-state index contributed by atoms with van der Waals surface area (Å²) >= 11 is 0. The van der Waals surface area contributed by atoms with Crippen molar-refractivity contribution in [2.75, 3.05) is 0 Å². The lowest BCUT2D eigenvalue weighted by molar-refractivity contribution is -0.123. The summed E-state index contributed by atoms with van der Waals surface area (Å²) < 4.78 is 29.0. The van der Waals surface area contributed by atoms with Gasteiger partial charge in [0.2, 0.25) is 0 Å². The molecule has 0 saturated carbocycles. The van der Waals surface area contributed by atoms with E-state index in [1.54, 1.807) is 0 Å². The van der Waals surface area contributed by atoms with E-state index in [-0.39, 0.29) is 11.8 Å². The van der Waals surface area contributed by atoms with Crippen LogP contribution in [0.5, 0.6) is 0 Å². The minimum atomic E-state index is -3.67. The summed E-state index contributed by atoms with van der Waals surface area (Å²) in [5.74, 6) is -0.657. The summed E-state index contributed by atoms with van der Waals surface area (Å²) in [6, 6.07) is 0. The number of hydrogen-bond donors (Lipinski definition) is 1. The van der Waals surface area contributed by atoms with Crippen molar-refractivity contribution in [1.82, 2.24) is 5.32 Å². The van der Waals surface area contributed by atoms with E-state index in [0.29, 0.717) is 0 Å². The molecule has 2 amide bonds. The molecule has 0 unspecified atom stereocenters. The molecule has 1 N–H and O–H groups in total. The Balaban J connectivity index is 0.000000218. The first-order valence-corrected chi connectivity index (χ1v) is 2.47. The Morgan fingerprint density at radius 3 is 1.45 bits per heavy atom. The van der Waals surface area contributed by atoms with Crippen LogP contribution in [0, 0.1) is 0 Å². The Morgan fingerprint density at radius 2 is 1.36 bits per heavy atom. The van der Waals surface area contributed by atoms with Crippen LogP contribution in [0.1, 0.15) is 0 Å². The highest BCUT2D eigenvalue weighted by molar-refractivity contribution is 6.12. The van der Waals surface area contributed by atoms with Gasteiger partial charge in [0.1, 0.15) is 0 Å². The maximum atomic E-state index is 10.0. The van der Waals surface area contributed by atoms with Crippen LogP contribution in [0.3, 0.4) is 0 Å². The lowest BCUT2D eigenvalue weighted by atomic mass is 10.6. The molecule has 0 fully saturated rings. The molecule has 1 rings (SSSR count). The molecule has 62 valence electrons. The van der Waals surface area contributed by atoms with E-state index in [1.807, 2.05) is 5.32 Å². The predicted molar refractivity (Wildman–Crippen MR) is 29.4 cm³/mol. The second-order valence-corrected chi connectivity index (χ2v) is 1.43. The molecule has 1 heterocycles. The highest BCUT2D eigenvalue weighted by atomic mass is 19.4. The van der Waals surface area contributed by atoms with Crippen molar-refractivity contribution in [3.63, 3.8) is 0 Å². The number of imide groups is 1. The smallest absolute Gasteiger partial charge is 0.289 e. The van der Waals surface area contributed by atoms with Gasteiger partial charge in [-0.3, -0.25) is 14.9 Å². The van der Waals surface area contributed by atoms with Crippen molar-refractivity contribution >= 4 is 11.8 Å². The highest BCUT2D eigenvalue weighted by Gasteiger charge is 2.06. The summed E-state index contributed by atoms with van der Waals surface area (Å²) in [7, 11) is 0. The zero-order valence-corrected chi connectivity index (χ0v) is 5.18. The second-order valence-electron chi connectivity index (χ2n) is 1.43. The first-order chi connectivity index (χ1) is 5.02. The standard InChI is InChI=1S/C4H3NO2.CHF3/c6-3-1-2-4(7)5-3;2-1(3)4/h1-2H,(H,5,6,7);1H. The molecular weight excluding hydrogens is 163 g/mol. The summed E-state index contributed by atoms with van der Waals surface area (Å²) in [4.78, 5) is 20.1. The van der Waals surface area contributed by atoms with Crippen molar-refractivity contribution in [2.24, 2.45) is 0 Å². The van der Waals surface area contributed by atoms with Gasteiger partial charge in [-0.1, -0.05) is 0 Å². The maximum absolute atomic E-state index is 10.0. The first kappa shape index (κ1) is 9.67. The number of carbonyl (C=O) groups is 2. The lowest BCUT2D eigenvalue weighted by Gasteiger charge is -1.80. The molecule has 0 aromatic carbocycles. The van der Waals surface area contributed by atoms with Gasteiger partial charge in [-0.25, -0.2) is 0 Å². The van der Waals surface area contributed by atoms with Gasteiger partial charge in [0, 0.05) is 12.2 Å². The summed E-state index contributed by atoms with van der Waals surface area (Å²) in [6.45, 7) is -3.67.